The Morgan fingerprint density at radius 2 is 1.53 bits per heavy atom. The summed E-state index contributed by atoms with van der Waals surface area (Å²) >= 11 is 0. The summed E-state index contributed by atoms with van der Waals surface area (Å²) in [6.45, 7) is 4.34. The summed E-state index contributed by atoms with van der Waals surface area (Å²) in [5.41, 5.74) is 0. The molecule has 0 spiro atoms. The molecule has 0 fully saturated rings. The normalized spacial score (nSPS) is 11.9. The first-order valence-electron chi connectivity index (χ1n) is 6.27. The van der Waals surface area contributed by atoms with Crippen molar-refractivity contribution in [3.8, 4) is 0 Å². The highest BCUT2D eigenvalue weighted by Gasteiger charge is 2.21. The van der Waals surface area contributed by atoms with E-state index in [2.05, 4.69) is 9.47 Å². The molecule has 1 N–H and O–H groups in total. The highest BCUT2D eigenvalue weighted by molar-refractivity contribution is 5.81. The van der Waals surface area contributed by atoms with E-state index in [9.17, 15) is 14.7 Å². The molecule has 0 aliphatic carbocycles. The lowest BCUT2D eigenvalue weighted by molar-refractivity contribution is -0.172. The number of hydrogen-bond acceptors (Lipinski definition) is 7. The standard InChI is InChI=1S/C12H22O7/c1-3-5-16-8-18-11(14)7-10(13)12(15)19-9-17-6-4-2/h10,13H,3-9H2,1-2H3. The van der Waals surface area contributed by atoms with Crippen molar-refractivity contribution in [2.24, 2.45) is 0 Å². The van der Waals surface area contributed by atoms with Crippen LogP contribution in [0.2, 0.25) is 0 Å². The van der Waals surface area contributed by atoms with E-state index in [0.29, 0.717) is 13.2 Å². The monoisotopic (exact) mass is 278 g/mol. The van der Waals surface area contributed by atoms with Crippen molar-refractivity contribution in [1.82, 2.24) is 0 Å². The second-order valence-corrected chi connectivity index (χ2v) is 3.75. The minimum absolute atomic E-state index is 0.186. The lowest BCUT2D eigenvalue weighted by Crippen LogP contribution is -2.28. The van der Waals surface area contributed by atoms with Gasteiger partial charge in [-0.2, -0.15) is 0 Å². The van der Waals surface area contributed by atoms with Crippen molar-refractivity contribution in [3.63, 3.8) is 0 Å². The van der Waals surface area contributed by atoms with Gasteiger partial charge < -0.3 is 24.1 Å². The molecule has 112 valence electrons. The Labute approximate surface area is 112 Å². The second kappa shape index (κ2) is 11.9. The van der Waals surface area contributed by atoms with Crippen LogP contribution in [0.1, 0.15) is 33.1 Å². The summed E-state index contributed by atoms with van der Waals surface area (Å²) in [7, 11) is 0. The van der Waals surface area contributed by atoms with Crippen LogP contribution in [0, 0.1) is 0 Å². The first kappa shape index (κ1) is 17.8. The van der Waals surface area contributed by atoms with Gasteiger partial charge in [-0.25, -0.2) is 4.79 Å². The van der Waals surface area contributed by atoms with Crippen LogP contribution < -0.4 is 0 Å². The maximum Gasteiger partial charge on any atom is 0.337 e. The summed E-state index contributed by atoms with van der Waals surface area (Å²) in [5.74, 6) is -1.64. The fourth-order valence-electron chi connectivity index (χ4n) is 1.01. The molecule has 0 aliphatic rings. The van der Waals surface area contributed by atoms with Crippen molar-refractivity contribution >= 4 is 11.9 Å². The lowest BCUT2D eigenvalue weighted by Gasteiger charge is -2.10. The fourth-order valence-corrected chi connectivity index (χ4v) is 1.01. The zero-order valence-corrected chi connectivity index (χ0v) is 11.4. The molecular weight excluding hydrogens is 256 g/mol. The van der Waals surface area contributed by atoms with Gasteiger partial charge in [0.15, 0.2) is 19.7 Å². The Balaban J connectivity index is 3.66. The van der Waals surface area contributed by atoms with Gasteiger partial charge in [-0.05, 0) is 12.8 Å². The zero-order chi connectivity index (χ0) is 14.5. The Morgan fingerprint density at radius 3 is 2.05 bits per heavy atom. The van der Waals surface area contributed by atoms with Crippen LogP contribution >= 0.6 is 0 Å². The quantitative estimate of drug-likeness (QED) is 0.336. The number of hydrogen-bond donors (Lipinski definition) is 1. The van der Waals surface area contributed by atoms with Crippen LogP contribution in [0.15, 0.2) is 0 Å². The summed E-state index contributed by atoms with van der Waals surface area (Å²) in [4.78, 5) is 22.4. The van der Waals surface area contributed by atoms with Crippen LogP contribution in [0.3, 0.4) is 0 Å². The SMILES string of the molecule is CCCOCOC(=O)CC(O)C(=O)OCOCCC. The Kier molecular flexibility index (Phi) is 11.1. The number of ether oxygens (including phenoxy) is 4. The van der Waals surface area contributed by atoms with Crippen molar-refractivity contribution in [2.75, 3.05) is 26.8 Å². The highest BCUT2D eigenvalue weighted by atomic mass is 16.7. The number of aliphatic hydroxyl groups excluding tert-OH is 1. The van der Waals surface area contributed by atoms with Crippen LogP contribution in [0.5, 0.6) is 0 Å². The van der Waals surface area contributed by atoms with Gasteiger partial charge in [0.1, 0.15) is 0 Å². The predicted octanol–water partition coefficient (Wildman–Crippen LogP) is 0.592. The summed E-state index contributed by atoms with van der Waals surface area (Å²) in [6.07, 6.45) is -0.416. The molecule has 7 nitrogen and oxygen atoms in total. The first-order valence-corrected chi connectivity index (χ1v) is 6.27. The molecule has 0 rings (SSSR count). The van der Waals surface area contributed by atoms with E-state index in [1.165, 1.54) is 0 Å². The molecule has 0 saturated carbocycles. The molecule has 0 aliphatic heterocycles. The maximum absolute atomic E-state index is 11.2. The molecule has 19 heavy (non-hydrogen) atoms. The van der Waals surface area contributed by atoms with Gasteiger partial charge in [0.25, 0.3) is 0 Å². The van der Waals surface area contributed by atoms with Gasteiger partial charge in [-0.1, -0.05) is 13.8 Å². The molecule has 1 unspecified atom stereocenters. The van der Waals surface area contributed by atoms with Crippen LogP contribution in [-0.2, 0) is 28.5 Å². The number of aliphatic hydroxyl groups is 1. The first-order chi connectivity index (χ1) is 9.11. The van der Waals surface area contributed by atoms with Crippen molar-refractivity contribution in [1.29, 1.82) is 0 Å². The molecule has 0 bridgehead atoms. The van der Waals surface area contributed by atoms with Crippen LogP contribution in [0.25, 0.3) is 0 Å². The van der Waals surface area contributed by atoms with E-state index >= 15 is 0 Å². The van der Waals surface area contributed by atoms with Gasteiger partial charge in [-0.15, -0.1) is 0 Å². The number of esters is 2. The molecular formula is C12H22O7. The van der Waals surface area contributed by atoms with Gasteiger partial charge >= 0.3 is 11.9 Å². The zero-order valence-electron chi connectivity index (χ0n) is 11.4. The maximum atomic E-state index is 11.2. The molecule has 0 amide bonds. The van der Waals surface area contributed by atoms with E-state index in [1.807, 2.05) is 13.8 Å². The van der Waals surface area contributed by atoms with E-state index in [1.54, 1.807) is 0 Å². The summed E-state index contributed by atoms with van der Waals surface area (Å²) < 4.78 is 19.1. The molecule has 0 aromatic rings. The second-order valence-electron chi connectivity index (χ2n) is 3.75. The minimum Gasteiger partial charge on any atom is -0.438 e. The molecule has 0 heterocycles. The Morgan fingerprint density at radius 1 is 1.00 bits per heavy atom. The molecule has 0 aromatic heterocycles. The molecule has 0 radical (unpaired) electrons. The molecule has 0 saturated heterocycles. The van der Waals surface area contributed by atoms with Gasteiger partial charge in [-0.3, -0.25) is 4.79 Å². The van der Waals surface area contributed by atoms with E-state index in [4.69, 9.17) is 9.47 Å². The highest BCUT2D eigenvalue weighted by Crippen LogP contribution is 1.99. The van der Waals surface area contributed by atoms with Crippen LogP contribution in [-0.4, -0.2) is 49.9 Å². The minimum atomic E-state index is -1.55. The number of rotatable bonds is 11. The third-order valence-electron chi connectivity index (χ3n) is 1.92. The largest absolute Gasteiger partial charge is 0.438 e. The van der Waals surface area contributed by atoms with Gasteiger partial charge in [0.2, 0.25) is 0 Å². The van der Waals surface area contributed by atoms with Gasteiger partial charge in [0.05, 0.1) is 19.6 Å². The average Bonchev–Trinajstić information content (AvgIpc) is 2.39. The fraction of sp³-hybridized carbons (Fsp3) is 0.833. The Bertz CT molecular complexity index is 254. The molecule has 1 atom stereocenters. The van der Waals surface area contributed by atoms with Crippen LogP contribution in [0.4, 0.5) is 0 Å². The average molecular weight is 278 g/mol. The number of carbonyl (C=O) groups is 2. The summed E-state index contributed by atoms with van der Waals surface area (Å²) in [5, 5.41) is 9.38. The third-order valence-corrected chi connectivity index (χ3v) is 1.92. The predicted molar refractivity (Wildman–Crippen MR) is 65.0 cm³/mol. The molecule has 0 aromatic carbocycles. The topological polar surface area (TPSA) is 91.3 Å². The number of carbonyl (C=O) groups excluding carboxylic acids is 2. The van der Waals surface area contributed by atoms with Crippen molar-refractivity contribution in [3.05, 3.63) is 0 Å². The lowest BCUT2D eigenvalue weighted by atomic mass is 10.2. The van der Waals surface area contributed by atoms with E-state index in [0.717, 1.165) is 12.8 Å². The van der Waals surface area contributed by atoms with Crippen molar-refractivity contribution < 1.29 is 33.6 Å². The Hall–Kier alpha value is -1.18. The summed E-state index contributed by atoms with van der Waals surface area (Å²) in [6, 6.07) is 0. The van der Waals surface area contributed by atoms with E-state index in [-0.39, 0.29) is 13.6 Å². The van der Waals surface area contributed by atoms with Gasteiger partial charge in [0, 0.05) is 0 Å². The van der Waals surface area contributed by atoms with Crippen molar-refractivity contribution in [2.45, 2.75) is 39.2 Å². The van der Waals surface area contributed by atoms with E-state index < -0.39 is 24.5 Å². The smallest absolute Gasteiger partial charge is 0.337 e. The third kappa shape index (κ3) is 10.4. The molecule has 7 heteroatoms.